The fourth-order valence-electron chi connectivity index (χ4n) is 3.58. The molecule has 0 aromatic carbocycles. The van der Waals surface area contributed by atoms with E-state index in [2.05, 4.69) is 17.6 Å². The molecule has 0 spiro atoms. The molecule has 3 atom stereocenters. The molecule has 1 aromatic heterocycles. The molecule has 2 fully saturated rings. The lowest BCUT2D eigenvalue weighted by molar-refractivity contribution is -0.127. The van der Waals surface area contributed by atoms with Gasteiger partial charge < -0.3 is 10.6 Å². The number of halogens is 1. The third-order valence-corrected chi connectivity index (χ3v) is 8.51. The predicted octanol–water partition coefficient (Wildman–Crippen LogP) is 1.99. The van der Waals surface area contributed by atoms with E-state index in [0.29, 0.717) is 16.7 Å². The Kier molecular flexibility index (Phi) is 7.50. The van der Waals surface area contributed by atoms with Crippen molar-refractivity contribution in [1.29, 1.82) is 0 Å². The maximum atomic E-state index is 12.8. The standard InChI is InChI=1S/C17H27N3O3S2.ClH/c1-12-10-18-8-7-15(12)19-17(21)14-4-3-9-20(11-14)25(22,23)16-6-5-13(2)24-16;/h5-6,12,14-15,18H,3-4,7-11H2,1-2H3,(H,19,21);1H. The first-order valence-corrected chi connectivity index (χ1v) is 11.2. The van der Waals surface area contributed by atoms with Gasteiger partial charge in [-0.1, -0.05) is 6.92 Å². The fraction of sp³-hybridized carbons (Fsp3) is 0.706. The second kappa shape index (κ2) is 9.01. The molecule has 148 valence electrons. The van der Waals surface area contributed by atoms with E-state index >= 15 is 0 Å². The molecule has 2 saturated heterocycles. The van der Waals surface area contributed by atoms with Crippen molar-refractivity contribution < 1.29 is 13.2 Å². The van der Waals surface area contributed by atoms with Crippen LogP contribution in [-0.4, -0.2) is 50.9 Å². The first-order chi connectivity index (χ1) is 11.9. The van der Waals surface area contributed by atoms with Gasteiger partial charge in [0.05, 0.1) is 5.92 Å². The molecule has 0 bridgehead atoms. The molecule has 2 aliphatic heterocycles. The van der Waals surface area contributed by atoms with E-state index in [1.807, 2.05) is 13.0 Å². The third kappa shape index (κ3) is 4.78. The van der Waals surface area contributed by atoms with Gasteiger partial charge in [-0.25, -0.2) is 8.42 Å². The summed E-state index contributed by atoms with van der Waals surface area (Å²) in [7, 11) is -3.49. The van der Waals surface area contributed by atoms with Gasteiger partial charge >= 0.3 is 0 Å². The molecule has 26 heavy (non-hydrogen) atoms. The first-order valence-electron chi connectivity index (χ1n) is 8.95. The summed E-state index contributed by atoms with van der Waals surface area (Å²) in [6, 6.07) is 3.67. The zero-order chi connectivity index (χ0) is 18.0. The molecule has 1 aromatic rings. The Balaban J connectivity index is 0.00000243. The van der Waals surface area contributed by atoms with Crippen LogP contribution in [0.1, 0.15) is 31.1 Å². The number of carbonyl (C=O) groups is 1. The van der Waals surface area contributed by atoms with Gasteiger partial charge in [-0.2, -0.15) is 4.31 Å². The lowest BCUT2D eigenvalue weighted by Gasteiger charge is -2.34. The summed E-state index contributed by atoms with van der Waals surface area (Å²) in [5.41, 5.74) is 0. The smallest absolute Gasteiger partial charge is 0.252 e. The quantitative estimate of drug-likeness (QED) is 0.779. The Morgan fingerprint density at radius 3 is 2.77 bits per heavy atom. The summed E-state index contributed by atoms with van der Waals surface area (Å²) < 4.78 is 27.5. The SMILES string of the molecule is Cc1ccc(S(=O)(=O)N2CCCC(C(=O)NC3CCNCC3C)C2)s1.Cl. The largest absolute Gasteiger partial charge is 0.353 e. The molecular formula is C17H28ClN3O3S2. The van der Waals surface area contributed by atoms with E-state index in [0.717, 1.165) is 37.2 Å². The maximum Gasteiger partial charge on any atom is 0.252 e. The summed E-state index contributed by atoms with van der Waals surface area (Å²) in [5.74, 6) is 0.142. The van der Waals surface area contributed by atoms with E-state index < -0.39 is 10.0 Å². The highest BCUT2D eigenvalue weighted by Crippen LogP contribution is 2.28. The van der Waals surface area contributed by atoms with Gasteiger partial charge in [-0.3, -0.25) is 4.79 Å². The number of hydrogen-bond donors (Lipinski definition) is 2. The second-order valence-electron chi connectivity index (χ2n) is 7.15. The van der Waals surface area contributed by atoms with Crippen molar-refractivity contribution in [2.24, 2.45) is 11.8 Å². The van der Waals surface area contributed by atoms with Crippen LogP contribution in [0.25, 0.3) is 0 Å². The van der Waals surface area contributed by atoms with E-state index in [9.17, 15) is 13.2 Å². The van der Waals surface area contributed by atoms with Crippen LogP contribution in [0.3, 0.4) is 0 Å². The third-order valence-electron chi connectivity index (χ3n) is 5.18. The second-order valence-corrected chi connectivity index (χ2v) is 10.6. The van der Waals surface area contributed by atoms with Crippen molar-refractivity contribution in [2.75, 3.05) is 26.2 Å². The maximum absolute atomic E-state index is 12.8. The molecule has 2 N–H and O–H groups in total. The number of carbonyl (C=O) groups excluding carboxylic acids is 1. The molecule has 0 aliphatic carbocycles. The number of nitrogens with zero attached hydrogens (tertiary/aromatic N) is 1. The van der Waals surface area contributed by atoms with Crippen LogP contribution >= 0.6 is 23.7 Å². The topological polar surface area (TPSA) is 78.5 Å². The van der Waals surface area contributed by atoms with Crippen molar-refractivity contribution in [3.05, 3.63) is 17.0 Å². The van der Waals surface area contributed by atoms with Crippen LogP contribution in [0.15, 0.2) is 16.3 Å². The highest BCUT2D eigenvalue weighted by atomic mass is 35.5. The number of piperidine rings is 2. The average molecular weight is 422 g/mol. The van der Waals surface area contributed by atoms with Crippen molar-refractivity contribution in [1.82, 2.24) is 14.9 Å². The van der Waals surface area contributed by atoms with E-state index in [4.69, 9.17) is 0 Å². The number of thiophene rings is 1. The van der Waals surface area contributed by atoms with Gasteiger partial charge in [0.1, 0.15) is 4.21 Å². The summed E-state index contributed by atoms with van der Waals surface area (Å²) in [4.78, 5) is 13.7. The number of rotatable bonds is 4. The minimum Gasteiger partial charge on any atom is -0.353 e. The highest BCUT2D eigenvalue weighted by Gasteiger charge is 2.35. The minimum atomic E-state index is -3.49. The van der Waals surface area contributed by atoms with Crippen LogP contribution in [0.2, 0.25) is 0 Å². The molecule has 2 aliphatic rings. The van der Waals surface area contributed by atoms with E-state index in [1.165, 1.54) is 15.6 Å². The molecule has 3 heterocycles. The molecule has 3 rings (SSSR count). The minimum absolute atomic E-state index is 0. The highest BCUT2D eigenvalue weighted by molar-refractivity contribution is 7.91. The Bertz CT molecular complexity index is 723. The van der Waals surface area contributed by atoms with E-state index in [1.54, 1.807) is 6.07 Å². The zero-order valence-corrected chi connectivity index (χ0v) is 17.7. The normalized spacial score (nSPS) is 27.5. The summed E-state index contributed by atoms with van der Waals surface area (Å²) in [6.07, 6.45) is 2.40. The molecular weight excluding hydrogens is 394 g/mol. The van der Waals surface area contributed by atoms with Crippen molar-refractivity contribution >= 4 is 39.7 Å². The number of nitrogens with one attached hydrogen (secondary N) is 2. The average Bonchev–Trinajstić information content (AvgIpc) is 3.04. The molecule has 1 amide bonds. The molecule has 9 heteroatoms. The van der Waals surface area contributed by atoms with E-state index in [-0.39, 0.29) is 36.8 Å². The lowest BCUT2D eigenvalue weighted by Crippen LogP contribution is -2.52. The fourth-order valence-corrected chi connectivity index (χ4v) is 6.54. The molecule has 3 unspecified atom stereocenters. The Hall–Kier alpha value is -0.670. The van der Waals surface area contributed by atoms with Crippen molar-refractivity contribution in [3.8, 4) is 0 Å². The van der Waals surface area contributed by atoms with Gasteiger partial charge in [0.25, 0.3) is 10.0 Å². The predicted molar refractivity (Wildman–Crippen MR) is 106 cm³/mol. The summed E-state index contributed by atoms with van der Waals surface area (Å²) >= 11 is 1.29. The summed E-state index contributed by atoms with van der Waals surface area (Å²) in [6.45, 7) is 6.63. The van der Waals surface area contributed by atoms with Crippen LogP contribution in [-0.2, 0) is 14.8 Å². The lowest BCUT2D eigenvalue weighted by atomic mass is 9.93. The Labute approximate surface area is 166 Å². The summed E-state index contributed by atoms with van der Waals surface area (Å²) in [5, 5.41) is 6.48. The van der Waals surface area contributed by atoms with Crippen molar-refractivity contribution in [3.63, 3.8) is 0 Å². The Morgan fingerprint density at radius 1 is 1.35 bits per heavy atom. The van der Waals surface area contributed by atoms with Crippen LogP contribution in [0.4, 0.5) is 0 Å². The number of hydrogen-bond acceptors (Lipinski definition) is 5. The monoisotopic (exact) mass is 421 g/mol. The van der Waals surface area contributed by atoms with Gasteiger partial charge in [-0.15, -0.1) is 23.7 Å². The molecule has 0 saturated carbocycles. The number of amides is 1. The van der Waals surface area contributed by atoms with Gasteiger partial charge in [0.15, 0.2) is 0 Å². The first kappa shape index (κ1) is 21.6. The van der Waals surface area contributed by atoms with Gasteiger partial charge in [-0.05, 0) is 57.3 Å². The van der Waals surface area contributed by atoms with Crippen LogP contribution in [0.5, 0.6) is 0 Å². The van der Waals surface area contributed by atoms with Crippen molar-refractivity contribution in [2.45, 2.75) is 43.4 Å². The van der Waals surface area contributed by atoms with Gasteiger partial charge in [0, 0.05) is 24.0 Å². The molecule has 0 radical (unpaired) electrons. The van der Waals surface area contributed by atoms with Gasteiger partial charge in [0.2, 0.25) is 5.91 Å². The Morgan fingerprint density at radius 2 is 2.12 bits per heavy atom. The van der Waals surface area contributed by atoms with Crippen LogP contribution < -0.4 is 10.6 Å². The van der Waals surface area contributed by atoms with Crippen LogP contribution in [0, 0.1) is 18.8 Å². The zero-order valence-electron chi connectivity index (χ0n) is 15.2. The molecule has 6 nitrogen and oxygen atoms in total. The number of aryl methyl sites for hydroxylation is 1. The number of sulfonamides is 1.